The van der Waals surface area contributed by atoms with Crippen molar-refractivity contribution >= 4 is 11.4 Å². The summed E-state index contributed by atoms with van der Waals surface area (Å²) < 4.78 is 26.2. The summed E-state index contributed by atoms with van der Waals surface area (Å²) in [5.74, 6) is 0.0798. The van der Waals surface area contributed by atoms with E-state index in [1.54, 1.807) is 0 Å². The fourth-order valence-electron chi connectivity index (χ4n) is 2.00. The molecule has 2 aromatic rings. The molecule has 0 radical (unpaired) electrons. The topological polar surface area (TPSA) is 88.0 Å². The van der Waals surface area contributed by atoms with Crippen molar-refractivity contribution in [1.29, 1.82) is 5.26 Å². The number of rotatable bonds is 5. The molecule has 9 heteroatoms. The van der Waals surface area contributed by atoms with Crippen LogP contribution in [0.4, 0.5) is 20.2 Å². The van der Waals surface area contributed by atoms with Crippen LogP contribution in [0, 0.1) is 21.4 Å². The van der Waals surface area contributed by atoms with Gasteiger partial charge in [-0.05, 0) is 12.1 Å². The van der Waals surface area contributed by atoms with Crippen LogP contribution < -0.4 is 4.90 Å². The van der Waals surface area contributed by atoms with Crippen LogP contribution in [0.25, 0.3) is 0 Å². The van der Waals surface area contributed by atoms with Gasteiger partial charge in [-0.3, -0.25) is 14.7 Å². The van der Waals surface area contributed by atoms with E-state index in [-0.39, 0.29) is 29.3 Å². The Kier molecular flexibility index (Phi) is 4.31. The molecule has 1 aromatic heterocycles. The largest absolute Gasteiger partial charge is 0.362 e. The first kappa shape index (κ1) is 15.4. The van der Waals surface area contributed by atoms with Crippen molar-refractivity contribution in [2.45, 2.75) is 13.1 Å². The molecule has 0 saturated carbocycles. The molecule has 0 unspecified atom stereocenters. The number of nitrogens with zero attached hydrogens (tertiary/aromatic N) is 5. The zero-order valence-electron chi connectivity index (χ0n) is 11.5. The Bertz CT molecular complexity index is 738. The van der Waals surface area contributed by atoms with Crippen LogP contribution in [0.5, 0.6) is 0 Å². The molecule has 0 aliphatic heterocycles. The SMILES string of the molecule is CN(Cc1nccn1C(F)F)c1ccc(C#N)cc1[N+](=O)[O-]. The van der Waals surface area contributed by atoms with Gasteiger partial charge in [-0.1, -0.05) is 0 Å². The second-order valence-electron chi connectivity index (χ2n) is 4.46. The van der Waals surface area contributed by atoms with Gasteiger partial charge in [0.1, 0.15) is 11.5 Å². The third-order valence-corrected chi connectivity index (χ3v) is 3.05. The summed E-state index contributed by atoms with van der Waals surface area (Å²) >= 11 is 0. The molecule has 0 N–H and O–H groups in total. The Hall–Kier alpha value is -3.02. The summed E-state index contributed by atoms with van der Waals surface area (Å²) in [6.07, 6.45) is 2.38. The lowest BCUT2D eigenvalue weighted by atomic mass is 10.1. The Morgan fingerprint density at radius 1 is 1.55 bits per heavy atom. The van der Waals surface area contributed by atoms with E-state index in [9.17, 15) is 18.9 Å². The highest BCUT2D eigenvalue weighted by Gasteiger charge is 2.20. The smallest absolute Gasteiger partial charge is 0.319 e. The van der Waals surface area contributed by atoms with Crippen molar-refractivity contribution in [3.8, 4) is 6.07 Å². The van der Waals surface area contributed by atoms with Crippen molar-refractivity contribution in [3.63, 3.8) is 0 Å². The Labute approximate surface area is 124 Å². The lowest BCUT2D eigenvalue weighted by Gasteiger charge is -2.19. The Morgan fingerprint density at radius 3 is 2.86 bits per heavy atom. The number of nitro benzene ring substituents is 1. The molecule has 7 nitrogen and oxygen atoms in total. The van der Waals surface area contributed by atoms with E-state index in [0.29, 0.717) is 4.57 Å². The van der Waals surface area contributed by atoms with Crippen molar-refractivity contribution in [3.05, 3.63) is 52.1 Å². The fraction of sp³-hybridized carbons (Fsp3) is 0.231. The predicted molar refractivity (Wildman–Crippen MR) is 73.4 cm³/mol. The van der Waals surface area contributed by atoms with Crippen molar-refractivity contribution in [1.82, 2.24) is 9.55 Å². The first-order valence-corrected chi connectivity index (χ1v) is 6.13. The highest BCUT2D eigenvalue weighted by molar-refractivity contribution is 5.65. The van der Waals surface area contributed by atoms with Gasteiger partial charge in [-0.2, -0.15) is 14.0 Å². The van der Waals surface area contributed by atoms with Crippen molar-refractivity contribution < 1.29 is 13.7 Å². The second-order valence-corrected chi connectivity index (χ2v) is 4.46. The second kappa shape index (κ2) is 6.17. The lowest BCUT2D eigenvalue weighted by molar-refractivity contribution is -0.384. The highest BCUT2D eigenvalue weighted by Crippen LogP contribution is 2.29. The summed E-state index contributed by atoms with van der Waals surface area (Å²) in [6, 6.07) is 5.80. The number of anilines is 1. The molecule has 1 heterocycles. The number of nitriles is 1. The van der Waals surface area contributed by atoms with Crippen LogP contribution >= 0.6 is 0 Å². The van der Waals surface area contributed by atoms with Gasteiger partial charge in [0.15, 0.2) is 0 Å². The third kappa shape index (κ3) is 3.01. The molecular weight excluding hydrogens is 296 g/mol. The molecule has 0 atom stereocenters. The van der Waals surface area contributed by atoms with Gasteiger partial charge in [0.25, 0.3) is 5.69 Å². The normalized spacial score (nSPS) is 10.5. The van der Waals surface area contributed by atoms with Crippen LogP contribution in [0.1, 0.15) is 17.9 Å². The number of hydrogen-bond acceptors (Lipinski definition) is 5. The van der Waals surface area contributed by atoms with Crippen LogP contribution in [0.2, 0.25) is 0 Å². The molecule has 0 bridgehead atoms. The van der Waals surface area contributed by atoms with Gasteiger partial charge in [0.2, 0.25) is 0 Å². The number of aromatic nitrogens is 2. The molecule has 0 amide bonds. The average molecular weight is 307 g/mol. The third-order valence-electron chi connectivity index (χ3n) is 3.05. The first-order valence-electron chi connectivity index (χ1n) is 6.13. The monoisotopic (exact) mass is 307 g/mol. The molecule has 22 heavy (non-hydrogen) atoms. The number of imidazole rings is 1. The zero-order chi connectivity index (χ0) is 16.3. The summed E-state index contributed by atoms with van der Waals surface area (Å²) in [4.78, 5) is 15.7. The molecule has 114 valence electrons. The minimum Gasteiger partial charge on any atom is -0.362 e. The Balaban J connectivity index is 2.33. The molecule has 0 aliphatic carbocycles. The maximum Gasteiger partial charge on any atom is 0.319 e. The van der Waals surface area contributed by atoms with Crippen LogP contribution in [-0.4, -0.2) is 21.5 Å². The van der Waals surface area contributed by atoms with E-state index in [1.165, 1.54) is 30.3 Å². The lowest BCUT2D eigenvalue weighted by Crippen LogP contribution is -2.21. The van der Waals surface area contributed by atoms with E-state index < -0.39 is 11.5 Å². The fourth-order valence-corrected chi connectivity index (χ4v) is 2.00. The molecule has 0 fully saturated rings. The first-order chi connectivity index (χ1) is 10.4. The minimum atomic E-state index is -2.73. The van der Waals surface area contributed by atoms with Gasteiger partial charge >= 0.3 is 6.55 Å². The standard InChI is InChI=1S/C13H11F2N5O2/c1-18(8-12-17-4-5-19(12)13(14)15)10-3-2-9(7-16)6-11(10)20(21)22/h2-6,13H,8H2,1H3. The van der Waals surface area contributed by atoms with E-state index >= 15 is 0 Å². The molecule has 2 rings (SSSR count). The Morgan fingerprint density at radius 2 is 2.27 bits per heavy atom. The number of halogens is 2. The van der Waals surface area contributed by atoms with Crippen LogP contribution in [-0.2, 0) is 6.54 Å². The number of benzene rings is 1. The number of hydrogen-bond donors (Lipinski definition) is 0. The maximum atomic E-state index is 12.8. The molecule has 0 saturated heterocycles. The minimum absolute atomic E-state index is 0.0376. The van der Waals surface area contributed by atoms with Crippen molar-refractivity contribution in [2.24, 2.45) is 0 Å². The number of nitro groups is 1. The zero-order valence-corrected chi connectivity index (χ0v) is 11.5. The molecule has 0 spiro atoms. The van der Waals surface area contributed by atoms with Gasteiger partial charge in [0, 0.05) is 25.5 Å². The van der Waals surface area contributed by atoms with Crippen LogP contribution in [0.15, 0.2) is 30.6 Å². The van der Waals surface area contributed by atoms with E-state index in [2.05, 4.69) is 4.98 Å². The van der Waals surface area contributed by atoms with E-state index in [1.807, 2.05) is 6.07 Å². The van der Waals surface area contributed by atoms with Gasteiger partial charge in [-0.15, -0.1) is 0 Å². The summed E-state index contributed by atoms with van der Waals surface area (Å²) in [5.41, 5.74) is 0.0995. The van der Waals surface area contributed by atoms with E-state index in [0.717, 1.165) is 12.3 Å². The molecule has 0 aliphatic rings. The quantitative estimate of drug-likeness (QED) is 0.626. The van der Waals surface area contributed by atoms with Gasteiger partial charge < -0.3 is 4.90 Å². The molecular formula is C13H11F2N5O2. The van der Waals surface area contributed by atoms with Crippen LogP contribution in [0.3, 0.4) is 0 Å². The van der Waals surface area contributed by atoms with Gasteiger partial charge in [0.05, 0.1) is 23.1 Å². The highest BCUT2D eigenvalue weighted by atomic mass is 19.3. The van der Waals surface area contributed by atoms with Gasteiger partial charge in [-0.25, -0.2) is 4.98 Å². The number of alkyl halides is 2. The van der Waals surface area contributed by atoms with E-state index in [4.69, 9.17) is 5.26 Å². The predicted octanol–water partition coefficient (Wildman–Crippen LogP) is 2.69. The summed E-state index contributed by atoms with van der Waals surface area (Å²) in [6.45, 7) is -2.77. The summed E-state index contributed by atoms with van der Waals surface area (Å²) in [7, 11) is 1.53. The summed E-state index contributed by atoms with van der Waals surface area (Å²) in [5, 5.41) is 19.9. The van der Waals surface area contributed by atoms with Crippen molar-refractivity contribution in [2.75, 3.05) is 11.9 Å². The maximum absolute atomic E-state index is 12.8. The molecule has 1 aromatic carbocycles. The average Bonchev–Trinajstić information content (AvgIpc) is 2.94.